The quantitative estimate of drug-likeness (QED) is 0.836. The van der Waals surface area contributed by atoms with Gasteiger partial charge in [0.05, 0.1) is 25.0 Å². The van der Waals surface area contributed by atoms with E-state index in [2.05, 4.69) is 15.1 Å². The van der Waals surface area contributed by atoms with Crippen LogP contribution < -0.4 is 0 Å². The number of nitrogens with zero attached hydrogens (tertiary/aromatic N) is 4. The summed E-state index contributed by atoms with van der Waals surface area (Å²) >= 11 is 0. The van der Waals surface area contributed by atoms with E-state index in [1.165, 1.54) is 0 Å². The van der Waals surface area contributed by atoms with Crippen LogP contribution in [0.5, 0.6) is 0 Å². The molecule has 0 unspecified atom stereocenters. The third-order valence-corrected chi connectivity index (χ3v) is 4.42. The van der Waals surface area contributed by atoms with Crippen LogP contribution in [0.3, 0.4) is 0 Å². The van der Waals surface area contributed by atoms with Gasteiger partial charge in [0.25, 0.3) is 5.91 Å². The first-order valence-corrected chi connectivity index (χ1v) is 7.97. The number of aromatic nitrogens is 3. The van der Waals surface area contributed by atoms with Gasteiger partial charge in [-0.3, -0.25) is 14.8 Å². The molecule has 1 aliphatic heterocycles. The fourth-order valence-electron chi connectivity index (χ4n) is 3.19. The van der Waals surface area contributed by atoms with Crippen LogP contribution in [0.4, 0.5) is 0 Å². The van der Waals surface area contributed by atoms with Gasteiger partial charge in [0.2, 0.25) is 0 Å². The maximum Gasteiger partial charge on any atom is 0.276 e. The number of morpholine rings is 1. The molecule has 1 saturated heterocycles. The molecular weight excluding hydrogens is 296 g/mol. The van der Waals surface area contributed by atoms with Gasteiger partial charge in [-0.1, -0.05) is 5.16 Å². The standard InChI is InChI=1S/C16H18N4O3/c21-16(15-11-3-1-2-4-13(11)23-19-15)20-7-8-22-14(10-20)12-9-17-5-6-18-12/h5-6,9,14H,1-4,7-8,10H2/t14-/m1/s1. The highest BCUT2D eigenvalue weighted by Crippen LogP contribution is 2.27. The number of amides is 1. The number of rotatable bonds is 2. The largest absolute Gasteiger partial charge is 0.368 e. The van der Waals surface area contributed by atoms with Crippen LogP contribution in [0.2, 0.25) is 0 Å². The molecule has 2 aromatic heterocycles. The van der Waals surface area contributed by atoms with Crippen LogP contribution in [-0.4, -0.2) is 45.6 Å². The predicted octanol–water partition coefficient (Wildman–Crippen LogP) is 1.56. The van der Waals surface area contributed by atoms with Crippen molar-refractivity contribution in [1.29, 1.82) is 0 Å². The molecule has 3 heterocycles. The van der Waals surface area contributed by atoms with Gasteiger partial charge in [-0.05, 0) is 19.3 Å². The zero-order chi connectivity index (χ0) is 15.6. The van der Waals surface area contributed by atoms with Crippen LogP contribution in [0.1, 0.15) is 46.5 Å². The van der Waals surface area contributed by atoms with E-state index in [1.54, 1.807) is 23.5 Å². The van der Waals surface area contributed by atoms with E-state index in [9.17, 15) is 4.79 Å². The predicted molar refractivity (Wildman–Crippen MR) is 79.8 cm³/mol. The van der Waals surface area contributed by atoms with Crippen molar-refractivity contribution in [1.82, 2.24) is 20.0 Å². The van der Waals surface area contributed by atoms with Crippen LogP contribution in [0.15, 0.2) is 23.1 Å². The van der Waals surface area contributed by atoms with E-state index in [0.29, 0.717) is 25.4 Å². The monoisotopic (exact) mass is 314 g/mol. The molecular formula is C16H18N4O3. The highest BCUT2D eigenvalue weighted by molar-refractivity contribution is 5.94. The molecule has 1 aliphatic carbocycles. The third kappa shape index (κ3) is 2.72. The first-order chi connectivity index (χ1) is 11.3. The number of carbonyl (C=O) groups is 1. The number of aryl methyl sites for hydroxylation is 1. The number of ether oxygens (including phenoxy) is 1. The molecule has 0 saturated carbocycles. The Morgan fingerprint density at radius 1 is 1.26 bits per heavy atom. The highest BCUT2D eigenvalue weighted by Gasteiger charge is 2.31. The first-order valence-electron chi connectivity index (χ1n) is 7.97. The fourth-order valence-corrected chi connectivity index (χ4v) is 3.19. The highest BCUT2D eigenvalue weighted by atomic mass is 16.5. The lowest BCUT2D eigenvalue weighted by Gasteiger charge is -2.32. The summed E-state index contributed by atoms with van der Waals surface area (Å²) in [5.74, 6) is 0.799. The molecule has 0 bridgehead atoms. The van der Waals surface area contributed by atoms with E-state index in [0.717, 1.165) is 42.7 Å². The summed E-state index contributed by atoms with van der Waals surface area (Å²) in [6, 6.07) is 0. The second-order valence-corrected chi connectivity index (χ2v) is 5.88. The molecule has 2 aliphatic rings. The van der Waals surface area contributed by atoms with Crippen molar-refractivity contribution in [3.05, 3.63) is 41.3 Å². The molecule has 4 rings (SSSR count). The third-order valence-electron chi connectivity index (χ3n) is 4.42. The van der Waals surface area contributed by atoms with Gasteiger partial charge in [-0.2, -0.15) is 0 Å². The van der Waals surface area contributed by atoms with Crippen molar-refractivity contribution < 1.29 is 14.1 Å². The molecule has 7 nitrogen and oxygen atoms in total. The van der Waals surface area contributed by atoms with Crippen LogP contribution >= 0.6 is 0 Å². The molecule has 0 spiro atoms. The van der Waals surface area contributed by atoms with E-state index in [-0.39, 0.29) is 12.0 Å². The summed E-state index contributed by atoms with van der Waals surface area (Å²) in [6.45, 7) is 1.49. The van der Waals surface area contributed by atoms with Crippen molar-refractivity contribution in [3.63, 3.8) is 0 Å². The van der Waals surface area contributed by atoms with Crippen molar-refractivity contribution in [2.75, 3.05) is 19.7 Å². The molecule has 2 aromatic rings. The average molecular weight is 314 g/mol. The maximum atomic E-state index is 12.8. The first kappa shape index (κ1) is 14.3. The molecule has 1 amide bonds. The lowest BCUT2D eigenvalue weighted by molar-refractivity contribution is -0.0252. The van der Waals surface area contributed by atoms with Crippen LogP contribution in [-0.2, 0) is 17.6 Å². The summed E-state index contributed by atoms with van der Waals surface area (Å²) in [7, 11) is 0. The average Bonchev–Trinajstić information content (AvgIpc) is 3.06. The van der Waals surface area contributed by atoms with E-state index >= 15 is 0 Å². The maximum absolute atomic E-state index is 12.8. The second kappa shape index (κ2) is 6.08. The topological polar surface area (TPSA) is 81.4 Å². The van der Waals surface area contributed by atoms with E-state index < -0.39 is 0 Å². The Kier molecular flexibility index (Phi) is 3.78. The van der Waals surface area contributed by atoms with Gasteiger partial charge in [0, 0.05) is 30.9 Å². The van der Waals surface area contributed by atoms with Gasteiger partial charge >= 0.3 is 0 Å². The molecule has 23 heavy (non-hydrogen) atoms. The smallest absolute Gasteiger partial charge is 0.276 e. The van der Waals surface area contributed by atoms with Crippen LogP contribution in [0.25, 0.3) is 0 Å². The molecule has 120 valence electrons. The Morgan fingerprint density at radius 3 is 3.04 bits per heavy atom. The van der Waals surface area contributed by atoms with Crippen LogP contribution in [0, 0.1) is 0 Å². The summed E-state index contributed by atoms with van der Waals surface area (Å²) in [5.41, 5.74) is 2.20. The minimum atomic E-state index is -0.246. The summed E-state index contributed by atoms with van der Waals surface area (Å²) in [5, 5.41) is 4.04. The summed E-state index contributed by atoms with van der Waals surface area (Å²) in [6.07, 6.45) is 8.62. The van der Waals surface area contributed by atoms with Crippen molar-refractivity contribution >= 4 is 5.91 Å². The Hall–Kier alpha value is -2.28. The Morgan fingerprint density at radius 2 is 2.17 bits per heavy atom. The summed E-state index contributed by atoms with van der Waals surface area (Å²) in [4.78, 5) is 22.9. The minimum Gasteiger partial charge on any atom is -0.368 e. The van der Waals surface area contributed by atoms with E-state index in [4.69, 9.17) is 9.26 Å². The number of hydrogen-bond acceptors (Lipinski definition) is 6. The number of carbonyl (C=O) groups excluding carboxylic acids is 1. The second-order valence-electron chi connectivity index (χ2n) is 5.88. The lowest BCUT2D eigenvalue weighted by Crippen LogP contribution is -2.43. The Balaban J connectivity index is 1.53. The van der Waals surface area contributed by atoms with Crippen molar-refractivity contribution in [2.45, 2.75) is 31.8 Å². The lowest BCUT2D eigenvalue weighted by atomic mass is 9.96. The number of hydrogen-bond donors (Lipinski definition) is 0. The molecule has 0 N–H and O–H groups in total. The molecule has 1 atom stereocenters. The zero-order valence-corrected chi connectivity index (χ0v) is 12.8. The van der Waals surface area contributed by atoms with Gasteiger partial charge in [-0.15, -0.1) is 0 Å². The van der Waals surface area contributed by atoms with E-state index in [1.807, 2.05) is 0 Å². The molecule has 1 fully saturated rings. The van der Waals surface area contributed by atoms with Gasteiger partial charge in [-0.25, -0.2) is 0 Å². The minimum absolute atomic E-state index is 0.0749. The zero-order valence-electron chi connectivity index (χ0n) is 12.8. The normalized spacial score (nSPS) is 21.0. The Bertz CT molecular complexity index is 701. The van der Waals surface area contributed by atoms with Gasteiger partial charge in [0.1, 0.15) is 11.9 Å². The SMILES string of the molecule is O=C(c1noc2c1CCCC2)N1CCO[C@@H](c2cnccn2)C1. The van der Waals surface area contributed by atoms with Crippen molar-refractivity contribution in [2.24, 2.45) is 0 Å². The number of fused-ring (bicyclic) bond motifs is 1. The van der Waals surface area contributed by atoms with Crippen molar-refractivity contribution in [3.8, 4) is 0 Å². The van der Waals surface area contributed by atoms with Gasteiger partial charge in [0.15, 0.2) is 5.69 Å². The summed E-state index contributed by atoms with van der Waals surface area (Å²) < 4.78 is 11.1. The fraction of sp³-hybridized carbons (Fsp3) is 0.500. The molecule has 0 aromatic carbocycles. The molecule has 0 radical (unpaired) electrons. The Labute approximate surface area is 133 Å². The molecule has 7 heteroatoms. The van der Waals surface area contributed by atoms with Gasteiger partial charge < -0.3 is 14.2 Å².